The minimum atomic E-state index is -0.0730. The zero-order chi connectivity index (χ0) is 13.8. The van der Waals surface area contributed by atoms with Gasteiger partial charge in [-0.3, -0.25) is 9.78 Å². The van der Waals surface area contributed by atoms with E-state index >= 15 is 0 Å². The molecule has 19 heavy (non-hydrogen) atoms. The molecule has 1 amide bonds. The molecule has 0 atom stereocenters. The Labute approximate surface area is 121 Å². The molecule has 0 aliphatic carbocycles. The molecule has 0 spiro atoms. The van der Waals surface area contributed by atoms with Gasteiger partial charge in [-0.1, -0.05) is 22.0 Å². The number of nitrogens with one attached hydrogen (secondary N) is 1. The summed E-state index contributed by atoms with van der Waals surface area (Å²) in [5.41, 5.74) is 3.68. The number of rotatable bonds is 3. The van der Waals surface area contributed by atoms with Crippen LogP contribution in [0.1, 0.15) is 27.2 Å². The fraction of sp³-hybridized carbons (Fsp3) is 0.200. The molecule has 1 aromatic heterocycles. The topological polar surface area (TPSA) is 42.0 Å². The van der Waals surface area contributed by atoms with Crippen LogP contribution < -0.4 is 5.32 Å². The van der Waals surface area contributed by atoms with Crippen LogP contribution in [-0.4, -0.2) is 10.9 Å². The Morgan fingerprint density at radius 3 is 2.68 bits per heavy atom. The van der Waals surface area contributed by atoms with E-state index < -0.39 is 0 Å². The molecule has 3 nitrogen and oxygen atoms in total. The second-order valence-corrected chi connectivity index (χ2v) is 5.31. The first-order valence-corrected chi connectivity index (χ1v) is 6.81. The summed E-state index contributed by atoms with van der Waals surface area (Å²) in [6, 6.07) is 9.46. The normalized spacial score (nSPS) is 10.3. The van der Waals surface area contributed by atoms with E-state index in [9.17, 15) is 4.79 Å². The van der Waals surface area contributed by atoms with Crippen LogP contribution in [0.15, 0.2) is 41.0 Å². The van der Waals surface area contributed by atoms with Crippen molar-refractivity contribution in [2.45, 2.75) is 20.4 Å². The van der Waals surface area contributed by atoms with Gasteiger partial charge in [0.25, 0.3) is 5.91 Å². The van der Waals surface area contributed by atoms with Crippen molar-refractivity contribution < 1.29 is 4.79 Å². The molecule has 0 radical (unpaired) electrons. The highest BCUT2D eigenvalue weighted by Crippen LogP contribution is 2.17. The Hall–Kier alpha value is -1.68. The number of amides is 1. The van der Waals surface area contributed by atoms with Crippen molar-refractivity contribution in [2.24, 2.45) is 0 Å². The second kappa shape index (κ2) is 5.97. The van der Waals surface area contributed by atoms with Crippen molar-refractivity contribution in [3.63, 3.8) is 0 Å². The van der Waals surface area contributed by atoms with Crippen molar-refractivity contribution in [1.29, 1.82) is 0 Å². The van der Waals surface area contributed by atoms with E-state index in [-0.39, 0.29) is 5.91 Å². The highest BCUT2D eigenvalue weighted by molar-refractivity contribution is 9.10. The average Bonchev–Trinajstić information content (AvgIpc) is 2.41. The molecule has 0 fully saturated rings. The molecule has 0 saturated carbocycles. The predicted molar refractivity (Wildman–Crippen MR) is 79.0 cm³/mol. The average molecular weight is 319 g/mol. The number of pyridine rings is 1. The van der Waals surface area contributed by atoms with Crippen molar-refractivity contribution in [1.82, 2.24) is 10.3 Å². The summed E-state index contributed by atoms with van der Waals surface area (Å²) < 4.78 is 1.01. The van der Waals surface area contributed by atoms with Gasteiger partial charge in [0.05, 0.1) is 0 Å². The van der Waals surface area contributed by atoms with Crippen molar-refractivity contribution in [2.75, 3.05) is 0 Å². The van der Waals surface area contributed by atoms with E-state index in [1.54, 1.807) is 12.3 Å². The highest BCUT2D eigenvalue weighted by Gasteiger charge is 2.06. The number of nitrogens with zero attached hydrogens (tertiary/aromatic N) is 1. The third-order valence-corrected chi connectivity index (χ3v) is 3.74. The minimum Gasteiger partial charge on any atom is -0.348 e. The van der Waals surface area contributed by atoms with Gasteiger partial charge in [0, 0.05) is 28.5 Å². The van der Waals surface area contributed by atoms with Gasteiger partial charge < -0.3 is 5.32 Å². The van der Waals surface area contributed by atoms with Gasteiger partial charge in [-0.2, -0.15) is 0 Å². The van der Waals surface area contributed by atoms with E-state index in [0.717, 1.165) is 21.3 Å². The Morgan fingerprint density at radius 2 is 2.05 bits per heavy atom. The number of hydrogen-bond donors (Lipinski definition) is 1. The number of aryl methyl sites for hydroxylation is 2. The van der Waals surface area contributed by atoms with Gasteiger partial charge in [0.15, 0.2) is 0 Å². The summed E-state index contributed by atoms with van der Waals surface area (Å²) in [6.45, 7) is 4.39. The van der Waals surface area contributed by atoms with Gasteiger partial charge in [0.1, 0.15) is 0 Å². The first-order valence-electron chi connectivity index (χ1n) is 6.02. The van der Waals surface area contributed by atoms with E-state index in [0.29, 0.717) is 12.1 Å². The smallest absolute Gasteiger partial charge is 0.251 e. The molecule has 4 heteroatoms. The van der Waals surface area contributed by atoms with Gasteiger partial charge in [-0.25, -0.2) is 0 Å². The van der Waals surface area contributed by atoms with Crippen LogP contribution in [-0.2, 0) is 6.54 Å². The van der Waals surface area contributed by atoms with Crippen LogP contribution in [0, 0.1) is 13.8 Å². The lowest BCUT2D eigenvalue weighted by molar-refractivity contribution is 0.0951. The molecular weight excluding hydrogens is 304 g/mol. The van der Waals surface area contributed by atoms with Crippen molar-refractivity contribution in [3.05, 3.63) is 63.4 Å². The lowest BCUT2D eigenvalue weighted by Gasteiger charge is -2.07. The first-order chi connectivity index (χ1) is 9.06. The molecule has 2 aromatic rings. The summed E-state index contributed by atoms with van der Waals surface area (Å²) in [7, 11) is 0. The molecule has 0 bridgehead atoms. The molecule has 0 aliphatic rings. The number of benzene rings is 1. The third kappa shape index (κ3) is 3.64. The van der Waals surface area contributed by atoms with Crippen LogP contribution in [0.2, 0.25) is 0 Å². The van der Waals surface area contributed by atoms with E-state index in [1.165, 1.54) is 0 Å². The molecule has 0 saturated heterocycles. The fourth-order valence-corrected chi connectivity index (χ4v) is 1.92. The Balaban J connectivity index is 2.01. The molecule has 0 aliphatic heterocycles. The summed E-state index contributed by atoms with van der Waals surface area (Å²) in [4.78, 5) is 16.2. The molecular formula is C15H15BrN2O. The maximum Gasteiger partial charge on any atom is 0.251 e. The number of carbonyl (C=O) groups is 1. The minimum absolute atomic E-state index is 0.0730. The van der Waals surface area contributed by atoms with E-state index in [2.05, 4.69) is 26.2 Å². The Morgan fingerprint density at radius 1 is 1.26 bits per heavy atom. The van der Waals surface area contributed by atoms with Crippen LogP contribution in [0.3, 0.4) is 0 Å². The van der Waals surface area contributed by atoms with Gasteiger partial charge in [-0.05, 0) is 49.2 Å². The molecule has 2 rings (SSSR count). The molecule has 1 aromatic carbocycles. The SMILES string of the molecule is Cc1ccc(CNC(=O)c2ccc(Br)c(C)c2)cn1. The summed E-state index contributed by atoms with van der Waals surface area (Å²) in [6.07, 6.45) is 1.78. The number of carbonyl (C=O) groups excluding carboxylic acids is 1. The maximum atomic E-state index is 12.0. The maximum absolute atomic E-state index is 12.0. The lowest BCUT2D eigenvalue weighted by Crippen LogP contribution is -2.22. The van der Waals surface area contributed by atoms with E-state index in [1.807, 2.05) is 38.1 Å². The van der Waals surface area contributed by atoms with Crippen LogP contribution in [0.5, 0.6) is 0 Å². The molecule has 98 valence electrons. The Kier molecular flexibility index (Phi) is 4.32. The van der Waals surface area contributed by atoms with Crippen LogP contribution in [0.25, 0.3) is 0 Å². The van der Waals surface area contributed by atoms with Crippen molar-refractivity contribution in [3.8, 4) is 0 Å². The standard InChI is InChI=1S/C15H15BrN2O/c1-10-7-13(5-6-14(10)16)15(19)18-9-12-4-3-11(2)17-8-12/h3-8H,9H2,1-2H3,(H,18,19). The number of aromatic nitrogens is 1. The number of hydrogen-bond acceptors (Lipinski definition) is 2. The monoisotopic (exact) mass is 318 g/mol. The van der Waals surface area contributed by atoms with Gasteiger partial charge >= 0.3 is 0 Å². The largest absolute Gasteiger partial charge is 0.348 e. The Bertz CT molecular complexity index is 594. The predicted octanol–water partition coefficient (Wildman–Crippen LogP) is 3.39. The van der Waals surface area contributed by atoms with Gasteiger partial charge in [0.2, 0.25) is 0 Å². The summed E-state index contributed by atoms with van der Waals surface area (Å²) in [5.74, 6) is -0.0730. The quantitative estimate of drug-likeness (QED) is 0.942. The zero-order valence-electron chi connectivity index (χ0n) is 10.9. The molecule has 1 heterocycles. The highest BCUT2D eigenvalue weighted by atomic mass is 79.9. The summed E-state index contributed by atoms with van der Waals surface area (Å²) in [5, 5.41) is 2.89. The van der Waals surface area contributed by atoms with Crippen molar-refractivity contribution >= 4 is 21.8 Å². The molecule has 1 N–H and O–H groups in total. The second-order valence-electron chi connectivity index (χ2n) is 4.45. The fourth-order valence-electron chi connectivity index (χ4n) is 1.67. The van der Waals surface area contributed by atoms with Gasteiger partial charge in [-0.15, -0.1) is 0 Å². The van der Waals surface area contributed by atoms with Crippen LogP contribution in [0.4, 0.5) is 0 Å². The zero-order valence-corrected chi connectivity index (χ0v) is 12.5. The summed E-state index contributed by atoms with van der Waals surface area (Å²) >= 11 is 3.42. The van der Waals surface area contributed by atoms with E-state index in [4.69, 9.17) is 0 Å². The molecule has 0 unspecified atom stereocenters. The van der Waals surface area contributed by atoms with Crippen LogP contribution >= 0.6 is 15.9 Å². The third-order valence-electron chi connectivity index (χ3n) is 2.85. The lowest BCUT2D eigenvalue weighted by atomic mass is 10.1. The number of halogens is 1. The first kappa shape index (κ1) is 13.7.